The number of hydrogen-bond donors (Lipinski definition) is 1. The Morgan fingerprint density at radius 3 is 2.65 bits per heavy atom. The van der Waals surface area contributed by atoms with Crippen molar-refractivity contribution in [2.45, 2.75) is 26.3 Å². The molecular weight excluding hydrogens is 344 g/mol. The third-order valence-corrected chi connectivity index (χ3v) is 5.13. The zero-order chi connectivity index (χ0) is 14.7. The lowest BCUT2D eigenvalue weighted by Gasteiger charge is -2.19. The summed E-state index contributed by atoms with van der Waals surface area (Å²) >= 11 is 5.12. The lowest BCUT2D eigenvalue weighted by Crippen LogP contribution is -2.24. The van der Waals surface area contributed by atoms with E-state index in [4.69, 9.17) is 0 Å². The molecule has 20 heavy (non-hydrogen) atoms. The quantitative estimate of drug-likeness (QED) is 0.792. The summed E-state index contributed by atoms with van der Waals surface area (Å²) in [5.74, 6) is -0.995. The van der Waals surface area contributed by atoms with E-state index in [1.54, 1.807) is 24.3 Å². The summed E-state index contributed by atoms with van der Waals surface area (Å²) in [5.41, 5.74) is 0.987. The average molecular weight is 360 g/mol. The lowest BCUT2D eigenvalue weighted by molar-refractivity contribution is 0.502. The SMILES string of the molecule is CCNC(Cc1sccc1Br)c1cc(C)c(F)cc1F. The van der Waals surface area contributed by atoms with E-state index in [2.05, 4.69) is 21.2 Å². The van der Waals surface area contributed by atoms with Crippen LogP contribution >= 0.6 is 27.3 Å². The van der Waals surface area contributed by atoms with Crippen LogP contribution in [-0.4, -0.2) is 6.54 Å². The van der Waals surface area contributed by atoms with Gasteiger partial charge in [0, 0.05) is 33.4 Å². The minimum absolute atomic E-state index is 0.158. The maximum absolute atomic E-state index is 14.0. The summed E-state index contributed by atoms with van der Waals surface area (Å²) < 4.78 is 28.5. The van der Waals surface area contributed by atoms with Crippen molar-refractivity contribution < 1.29 is 8.78 Å². The van der Waals surface area contributed by atoms with Crippen molar-refractivity contribution in [2.75, 3.05) is 6.54 Å². The monoisotopic (exact) mass is 359 g/mol. The maximum Gasteiger partial charge on any atom is 0.130 e. The third-order valence-electron chi connectivity index (χ3n) is 3.18. The van der Waals surface area contributed by atoms with Crippen LogP contribution in [0.25, 0.3) is 0 Å². The van der Waals surface area contributed by atoms with Gasteiger partial charge >= 0.3 is 0 Å². The second-order valence-corrected chi connectivity index (χ2v) is 6.48. The smallest absolute Gasteiger partial charge is 0.130 e. The molecule has 2 aromatic rings. The molecule has 0 radical (unpaired) electrons. The summed E-state index contributed by atoms with van der Waals surface area (Å²) in [6.45, 7) is 4.36. The topological polar surface area (TPSA) is 12.0 Å². The summed E-state index contributed by atoms with van der Waals surface area (Å²) in [6, 6.07) is 4.39. The Hall–Kier alpha value is -0.780. The normalized spacial score (nSPS) is 12.7. The van der Waals surface area contributed by atoms with E-state index < -0.39 is 11.6 Å². The number of halogens is 3. The Morgan fingerprint density at radius 2 is 2.05 bits per heavy atom. The molecule has 0 aliphatic carbocycles. The van der Waals surface area contributed by atoms with Crippen LogP contribution in [0.2, 0.25) is 0 Å². The molecule has 1 atom stereocenters. The Balaban J connectivity index is 2.33. The van der Waals surface area contributed by atoms with Crippen LogP contribution in [0.15, 0.2) is 28.1 Å². The number of benzene rings is 1. The van der Waals surface area contributed by atoms with Crippen LogP contribution in [0.5, 0.6) is 0 Å². The first-order valence-corrected chi connectivity index (χ1v) is 8.11. The van der Waals surface area contributed by atoms with Gasteiger partial charge < -0.3 is 5.32 Å². The highest BCUT2D eigenvalue weighted by molar-refractivity contribution is 9.10. The second-order valence-electron chi connectivity index (χ2n) is 4.63. The van der Waals surface area contributed by atoms with Gasteiger partial charge in [-0.25, -0.2) is 8.78 Å². The molecule has 0 saturated carbocycles. The maximum atomic E-state index is 14.0. The molecule has 1 aromatic carbocycles. The van der Waals surface area contributed by atoms with E-state index in [9.17, 15) is 8.78 Å². The molecule has 108 valence electrons. The summed E-state index contributed by atoms with van der Waals surface area (Å²) in [7, 11) is 0. The molecule has 0 amide bonds. The van der Waals surface area contributed by atoms with Crippen LogP contribution in [-0.2, 0) is 6.42 Å². The third kappa shape index (κ3) is 3.45. The molecule has 0 saturated heterocycles. The summed E-state index contributed by atoms with van der Waals surface area (Å²) in [5, 5.41) is 5.27. The van der Waals surface area contributed by atoms with Gasteiger partial charge in [0.05, 0.1) is 0 Å². The first-order valence-electron chi connectivity index (χ1n) is 6.43. The van der Waals surface area contributed by atoms with E-state index in [0.717, 1.165) is 22.0 Å². The molecule has 1 unspecified atom stereocenters. The van der Waals surface area contributed by atoms with Gasteiger partial charge in [0.25, 0.3) is 0 Å². The van der Waals surface area contributed by atoms with Gasteiger partial charge in [-0.2, -0.15) is 0 Å². The Morgan fingerprint density at radius 1 is 1.30 bits per heavy atom. The molecule has 0 bridgehead atoms. The molecular formula is C15H16BrF2NS. The van der Waals surface area contributed by atoms with Crippen LogP contribution in [0.1, 0.15) is 29.0 Å². The molecule has 0 fully saturated rings. The number of nitrogens with one attached hydrogen (secondary N) is 1. The molecule has 0 spiro atoms. The molecule has 1 aromatic heterocycles. The first-order chi connectivity index (χ1) is 9.52. The Kier molecular flexibility index (Phi) is 5.29. The van der Waals surface area contributed by atoms with E-state index >= 15 is 0 Å². The largest absolute Gasteiger partial charge is 0.310 e. The van der Waals surface area contributed by atoms with Gasteiger partial charge in [0.2, 0.25) is 0 Å². The average Bonchev–Trinajstić information content (AvgIpc) is 2.79. The van der Waals surface area contributed by atoms with Crippen LogP contribution in [0, 0.1) is 18.6 Å². The van der Waals surface area contributed by atoms with Gasteiger partial charge in [-0.1, -0.05) is 6.92 Å². The van der Waals surface area contributed by atoms with Crippen molar-refractivity contribution in [1.82, 2.24) is 5.32 Å². The molecule has 2 rings (SSSR count). The van der Waals surface area contributed by atoms with E-state index in [0.29, 0.717) is 17.5 Å². The van der Waals surface area contributed by atoms with Crippen LogP contribution < -0.4 is 5.32 Å². The molecule has 1 nitrogen and oxygen atoms in total. The zero-order valence-electron chi connectivity index (χ0n) is 11.3. The highest BCUT2D eigenvalue weighted by atomic mass is 79.9. The van der Waals surface area contributed by atoms with Gasteiger partial charge in [0.15, 0.2) is 0 Å². The minimum Gasteiger partial charge on any atom is -0.310 e. The minimum atomic E-state index is -0.501. The van der Waals surface area contributed by atoms with Gasteiger partial charge in [-0.05, 0) is 52.5 Å². The highest BCUT2D eigenvalue weighted by Crippen LogP contribution is 2.30. The van der Waals surface area contributed by atoms with Crippen molar-refractivity contribution in [3.05, 3.63) is 55.7 Å². The lowest BCUT2D eigenvalue weighted by atomic mass is 10.00. The van der Waals surface area contributed by atoms with Crippen molar-refractivity contribution in [2.24, 2.45) is 0 Å². The molecule has 0 aliphatic heterocycles. The van der Waals surface area contributed by atoms with E-state index in [1.165, 1.54) is 0 Å². The second kappa shape index (κ2) is 6.78. The zero-order valence-corrected chi connectivity index (χ0v) is 13.7. The fourth-order valence-electron chi connectivity index (χ4n) is 2.14. The number of rotatable bonds is 5. The van der Waals surface area contributed by atoms with Gasteiger partial charge in [-0.3, -0.25) is 0 Å². The van der Waals surface area contributed by atoms with Crippen molar-refractivity contribution in [3.63, 3.8) is 0 Å². The Bertz CT molecular complexity index is 598. The standard InChI is InChI=1S/C15H16BrF2NS/c1-3-19-14(8-15-11(16)4-5-20-15)10-6-9(2)12(17)7-13(10)18/h4-7,14,19H,3,8H2,1-2H3. The summed E-state index contributed by atoms with van der Waals surface area (Å²) in [4.78, 5) is 1.15. The molecule has 5 heteroatoms. The molecule has 0 aliphatic rings. The first kappa shape index (κ1) is 15.6. The number of aryl methyl sites for hydroxylation is 1. The van der Waals surface area contributed by atoms with E-state index in [-0.39, 0.29) is 6.04 Å². The summed E-state index contributed by atoms with van der Waals surface area (Å²) in [6.07, 6.45) is 0.675. The van der Waals surface area contributed by atoms with Gasteiger partial charge in [-0.15, -0.1) is 11.3 Å². The predicted octanol–water partition coefficient (Wildman–Crippen LogP) is 4.99. The predicted molar refractivity (Wildman–Crippen MR) is 83.2 cm³/mol. The van der Waals surface area contributed by atoms with Gasteiger partial charge in [0.1, 0.15) is 11.6 Å². The van der Waals surface area contributed by atoms with Crippen LogP contribution in [0.3, 0.4) is 0 Å². The Labute approximate surface area is 130 Å². The van der Waals surface area contributed by atoms with Crippen LogP contribution in [0.4, 0.5) is 8.78 Å². The van der Waals surface area contributed by atoms with Crippen molar-refractivity contribution in [3.8, 4) is 0 Å². The van der Waals surface area contributed by atoms with Crippen molar-refractivity contribution in [1.29, 1.82) is 0 Å². The number of hydrogen-bond acceptors (Lipinski definition) is 2. The highest BCUT2D eigenvalue weighted by Gasteiger charge is 2.19. The fraction of sp³-hybridized carbons (Fsp3) is 0.333. The van der Waals surface area contributed by atoms with Crippen molar-refractivity contribution >= 4 is 27.3 Å². The molecule has 1 N–H and O–H groups in total. The van der Waals surface area contributed by atoms with E-state index in [1.807, 2.05) is 18.4 Å². The number of likely N-dealkylation sites (N-methyl/N-ethyl adjacent to an activating group) is 1. The number of thiophene rings is 1. The molecule has 1 heterocycles. The fourth-order valence-corrected chi connectivity index (χ4v) is 3.70.